The van der Waals surface area contributed by atoms with E-state index in [1.165, 1.54) is 0 Å². The average molecular weight is 354 g/mol. The number of aliphatic hydroxyl groups is 1. The molecule has 0 bridgehead atoms. The van der Waals surface area contributed by atoms with Crippen molar-refractivity contribution in [3.8, 4) is 0 Å². The lowest BCUT2D eigenvalue weighted by Gasteiger charge is -2.35. The van der Waals surface area contributed by atoms with Crippen LogP contribution >= 0.6 is 0 Å². The molecule has 0 unspecified atom stereocenters. The molecular weight excluding hydrogens is 328 g/mol. The molecule has 1 aliphatic heterocycles. The number of carbonyl (C=O) groups excluding carboxylic acids is 1. The van der Waals surface area contributed by atoms with Gasteiger partial charge >= 0.3 is 0 Å². The molecule has 1 amide bonds. The van der Waals surface area contributed by atoms with Crippen LogP contribution in [0.1, 0.15) is 36.2 Å². The van der Waals surface area contributed by atoms with Gasteiger partial charge in [0.1, 0.15) is 5.82 Å². The van der Waals surface area contributed by atoms with Crippen molar-refractivity contribution in [2.24, 2.45) is 0 Å². The van der Waals surface area contributed by atoms with E-state index in [2.05, 4.69) is 14.9 Å². The topological polar surface area (TPSA) is 69.6 Å². The number of nitrogens with zero attached hydrogens (tertiary/aromatic N) is 4. The highest BCUT2D eigenvalue weighted by Crippen LogP contribution is 2.16. The summed E-state index contributed by atoms with van der Waals surface area (Å²) in [4.78, 5) is 25.2. The fraction of sp³-hybridized carbons (Fsp3) is 0.450. The highest BCUT2D eigenvalue weighted by molar-refractivity contribution is 5.94. The minimum absolute atomic E-state index is 0.0674. The SMILES string of the molecule is CC(C)(O)CCc1ccc(C(=O)N2CCN(c3cnccn3)CC2)cc1. The Bertz CT molecular complexity index is 718. The summed E-state index contributed by atoms with van der Waals surface area (Å²) in [5.41, 5.74) is 1.18. The van der Waals surface area contributed by atoms with Crippen molar-refractivity contribution in [3.63, 3.8) is 0 Å². The minimum Gasteiger partial charge on any atom is -0.390 e. The Morgan fingerprint density at radius 1 is 1.12 bits per heavy atom. The maximum Gasteiger partial charge on any atom is 0.253 e. The zero-order chi connectivity index (χ0) is 18.6. The standard InChI is InChI=1S/C20H26N4O2/c1-20(2,26)8-7-16-3-5-17(6-4-16)19(25)24-13-11-23(12-14-24)18-15-21-9-10-22-18/h3-6,9-10,15,26H,7-8,11-14H2,1-2H3. The fourth-order valence-electron chi connectivity index (χ4n) is 3.04. The van der Waals surface area contributed by atoms with Crippen LogP contribution in [0, 0.1) is 0 Å². The zero-order valence-electron chi connectivity index (χ0n) is 15.4. The summed E-state index contributed by atoms with van der Waals surface area (Å²) in [5, 5.41) is 9.82. The number of amides is 1. The lowest BCUT2D eigenvalue weighted by atomic mass is 9.98. The van der Waals surface area contributed by atoms with Gasteiger partial charge in [0, 0.05) is 44.1 Å². The summed E-state index contributed by atoms with van der Waals surface area (Å²) in [6, 6.07) is 7.73. The molecule has 26 heavy (non-hydrogen) atoms. The Morgan fingerprint density at radius 3 is 2.38 bits per heavy atom. The molecule has 6 heteroatoms. The minimum atomic E-state index is -0.669. The predicted molar refractivity (Wildman–Crippen MR) is 101 cm³/mol. The fourth-order valence-corrected chi connectivity index (χ4v) is 3.04. The van der Waals surface area contributed by atoms with E-state index >= 15 is 0 Å². The molecule has 1 aromatic carbocycles. The van der Waals surface area contributed by atoms with Crippen LogP contribution in [0.2, 0.25) is 0 Å². The van der Waals surface area contributed by atoms with Gasteiger partial charge in [-0.2, -0.15) is 0 Å². The Hall–Kier alpha value is -2.47. The van der Waals surface area contributed by atoms with Gasteiger partial charge in [-0.05, 0) is 44.4 Å². The molecule has 0 spiro atoms. The highest BCUT2D eigenvalue weighted by Gasteiger charge is 2.23. The van der Waals surface area contributed by atoms with E-state index in [1.54, 1.807) is 18.6 Å². The van der Waals surface area contributed by atoms with Crippen LogP contribution in [0.5, 0.6) is 0 Å². The van der Waals surface area contributed by atoms with E-state index in [9.17, 15) is 9.90 Å². The molecule has 0 aliphatic carbocycles. The molecule has 0 radical (unpaired) electrons. The van der Waals surface area contributed by atoms with Gasteiger partial charge in [-0.3, -0.25) is 9.78 Å². The first-order valence-corrected chi connectivity index (χ1v) is 9.04. The van der Waals surface area contributed by atoms with Gasteiger partial charge in [-0.15, -0.1) is 0 Å². The van der Waals surface area contributed by atoms with Crippen LogP contribution in [0.4, 0.5) is 5.82 Å². The monoisotopic (exact) mass is 354 g/mol. The molecule has 1 aliphatic rings. The number of carbonyl (C=O) groups is 1. The van der Waals surface area contributed by atoms with Crippen molar-refractivity contribution < 1.29 is 9.90 Å². The molecule has 6 nitrogen and oxygen atoms in total. The van der Waals surface area contributed by atoms with Gasteiger partial charge in [-0.1, -0.05) is 12.1 Å². The van der Waals surface area contributed by atoms with Crippen molar-refractivity contribution in [1.29, 1.82) is 0 Å². The number of rotatable bonds is 5. The molecular formula is C20H26N4O2. The Balaban J connectivity index is 1.55. The first kappa shape index (κ1) is 18.3. The maximum absolute atomic E-state index is 12.7. The lowest BCUT2D eigenvalue weighted by molar-refractivity contribution is 0.0711. The quantitative estimate of drug-likeness (QED) is 0.891. The molecule has 0 saturated carbocycles. The molecule has 2 aromatic rings. The summed E-state index contributed by atoms with van der Waals surface area (Å²) < 4.78 is 0. The van der Waals surface area contributed by atoms with Gasteiger partial charge in [0.2, 0.25) is 0 Å². The normalized spacial score (nSPS) is 15.2. The van der Waals surface area contributed by atoms with Crippen LogP contribution in [-0.4, -0.2) is 57.7 Å². The second-order valence-electron chi connectivity index (χ2n) is 7.35. The van der Waals surface area contributed by atoms with Gasteiger partial charge in [0.05, 0.1) is 11.8 Å². The van der Waals surface area contributed by atoms with Gasteiger partial charge in [-0.25, -0.2) is 4.98 Å². The predicted octanol–water partition coefficient (Wildman–Crippen LogP) is 2.14. The van der Waals surface area contributed by atoms with Crippen LogP contribution < -0.4 is 4.90 Å². The van der Waals surface area contributed by atoms with Crippen molar-refractivity contribution in [3.05, 3.63) is 54.0 Å². The second kappa shape index (κ2) is 7.83. The number of hydrogen-bond donors (Lipinski definition) is 1. The van der Waals surface area contributed by atoms with Gasteiger partial charge in [0.15, 0.2) is 0 Å². The van der Waals surface area contributed by atoms with E-state index < -0.39 is 5.60 Å². The first-order chi connectivity index (χ1) is 12.4. The van der Waals surface area contributed by atoms with Crippen LogP contribution in [0.25, 0.3) is 0 Å². The molecule has 2 heterocycles. The van der Waals surface area contributed by atoms with Gasteiger partial charge < -0.3 is 14.9 Å². The van der Waals surface area contributed by atoms with Gasteiger partial charge in [0.25, 0.3) is 5.91 Å². The number of piperazine rings is 1. The van der Waals surface area contributed by atoms with Crippen LogP contribution in [-0.2, 0) is 6.42 Å². The number of hydrogen-bond acceptors (Lipinski definition) is 5. The second-order valence-corrected chi connectivity index (χ2v) is 7.35. The van der Waals surface area contributed by atoms with Crippen molar-refractivity contribution in [1.82, 2.24) is 14.9 Å². The third-order valence-electron chi connectivity index (χ3n) is 4.67. The third kappa shape index (κ3) is 4.79. The number of aromatic nitrogens is 2. The molecule has 1 aromatic heterocycles. The highest BCUT2D eigenvalue weighted by atomic mass is 16.3. The lowest BCUT2D eigenvalue weighted by Crippen LogP contribution is -2.49. The van der Waals surface area contributed by atoms with E-state index in [0.717, 1.165) is 30.9 Å². The van der Waals surface area contributed by atoms with E-state index in [-0.39, 0.29) is 5.91 Å². The molecule has 0 atom stereocenters. The third-order valence-corrected chi connectivity index (χ3v) is 4.67. The van der Waals surface area contributed by atoms with Crippen LogP contribution in [0.3, 0.4) is 0 Å². The maximum atomic E-state index is 12.7. The average Bonchev–Trinajstić information content (AvgIpc) is 2.66. The van der Waals surface area contributed by atoms with Crippen LogP contribution in [0.15, 0.2) is 42.9 Å². The van der Waals surface area contributed by atoms with Crippen molar-refractivity contribution in [2.45, 2.75) is 32.3 Å². The molecule has 1 N–H and O–H groups in total. The number of benzene rings is 1. The van der Waals surface area contributed by atoms with E-state index in [0.29, 0.717) is 25.1 Å². The summed E-state index contributed by atoms with van der Waals surface area (Å²) in [7, 11) is 0. The number of anilines is 1. The Kier molecular flexibility index (Phi) is 5.52. The molecule has 1 fully saturated rings. The number of aryl methyl sites for hydroxylation is 1. The summed E-state index contributed by atoms with van der Waals surface area (Å²) in [6.07, 6.45) is 6.60. The summed E-state index contributed by atoms with van der Waals surface area (Å²) in [6.45, 7) is 6.49. The first-order valence-electron chi connectivity index (χ1n) is 9.04. The summed E-state index contributed by atoms with van der Waals surface area (Å²) >= 11 is 0. The zero-order valence-corrected chi connectivity index (χ0v) is 15.4. The van der Waals surface area contributed by atoms with Crippen molar-refractivity contribution >= 4 is 11.7 Å². The largest absolute Gasteiger partial charge is 0.390 e. The molecule has 138 valence electrons. The van der Waals surface area contributed by atoms with E-state index in [1.807, 2.05) is 43.0 Å². The summed E-state index contributed by atoms with van der Waals surface area (Å²) in [5.74, 6) is 0.925. The Morgan fingerprint density at radius 2 is 1.81 bits per heavy atom. The van der Waals surface area contributed by atoms with E-state index in [4.69, 9.17) is 0 Å². The molecule has 1 saturated heterocycles. The van der Waals surface area contributed by atoms with Crippen molar-refractivity contribution in [2.75, 3.05) is 31.1 Å². The molecule has 3 rings (SSSR count). The smallest absolute Gasteiger partial charge is 0.253 e. The Labute approximate surface area is 154 Å².